The molecule has 17 heteroatoms. The molecule has 4 heterocycles. The van der Waals surface area contributed by atoms with Gasteiger partial charge < -0.3 is 62.5 Å². The van der Waals surface area contributed by atoms with E-state index in [1.54, 1.807) is 59.7 Å². The Labute approximate surface area is 347 Å². The molecule has 0 radical (unpaired) electrons. The largest absolute Gasteiger partial charge is 0.462 e. The number of aliphatic hydroxyl groups is 2. The summed E-state index contributed by atoms with van der Waals surface area (Å²) in [4.78, 5) is 65.8. The number of ketones is 1. The van der Waals surface area contributed by atoms with Crippen molar-refractivity contribution in [1.29, 1.82) is 0 Å². The molecule has 59 heavy (non-hydrogen) atoms. The van der Waals surface area contributed by atoms with E-state index >= 15 is 0 Å². The normalized spacial score (nSPS) is 41.7. The average Bonchev–Trinajstić information content (AvgIpc) is 3.85. The highest BCUT2D eigenvalue weighted by molar-refractivity contribution is 5.91. The van der Waals surface area contributed by atoms with Crippen LogP contribution in [0.3, 0.4) is 0 Å². The highest BCUT2D eigenvalue weighted by atomic mass is 16.7. The minimum absolute atomic E-state index is 0.0551. The topological polar surface area (TPSA) is 215 Å². The van der Waals surface area contributed by atoms with Gasteiger partial charge in [-0.3, -0.25) is 19.2 Å². The van der Waals surface area contributed by atoms with Crippen LogP contribution in [0.1, 0.15) is 93.9 Å². The first-order valence-electron chi connectivity index (χ1n) is 20.7. The predicted octanol–water partition coefficient (Wildman–Crippen LogP) is 2.43. The molecule has 0 aromatic carbocycles. The number of esters is 3. The van der Waals surface area contributed by atoms with E-state index in [1.165, 1.54) is 20.1 Å². The molecule has 0 aromatic rings. The monoisotopic (exact) mass is 841 g/mol. The highest BCUT2D eigenvalue weighted by Crippen LogP contribution is 2.38. The second-order valence-corrected chi connectivity index (χ2v) is 17.5. The summed E-state index contributed by atoms with van der Waals surface area (Å²) in [7, 11) is 4.82. The highest BCUT2D eigenvalue weighted by Gasteiger charge is 2.53. The number of allylic oxidation sites excluding steroid dienone is 1. The molecule has 4 aliphatic rings. The molecule has 0 bridgehead atoms. The van der Waals surface area contributed by atoms with Crippen LogP contribution in [0.2, 0.25) is 0 Å². The molecule has 0 saturated carbocycles. The lowest BCUT2D eigenvalue weighted by Crippen LogP contribution is -2.66. The van der Waals surface area contributed by atoms with Crippen molar-refractivity contribution in [2.45, 2.75) is 185 Å². The number of aldehydes is 1. The second kappa shape index (κ2) is 21.3. The SMILES string of the molecule is CO[C@@H]1[C@@H](O[C@@H]2O[C@H](C)[C@@H](O[C@H]3C[C@@](C)(O)[C@@H](OC(=O)CC(C)C)[C@H](C)O3)[C@H](N(C)C)[C@H]2O)[C@@H](CC=O)C[C@@H](C)C(=O)/C=C/C2OC2C[C@@H](C)OC(=O)C[C@H]1OC(C)=O. The van der Waals surface area contributed by atoms with Crippen molar-refractivity contribution in [2.24, 2.45) is 17.8 Å². The van der Waals surface area contributed by atoms with Crippen LogP contribution < -0.4 is 0 Å². The molecule has 3 fully saturated rings. The number of fused-ring (bicyclic) bond motifs is 1. The molecule has 3 saturated heterocycles. The molecule has 2 N–H and O–H groups in total. The molecule has 0 amide bonds. The summed E-state index contributed by atoms with van der Waals surface area (Å²) in [6.45, 7) is 13.4. The van der Waals surface area contributed by atoms with Crippen LogP contribution in [-0.2, 0) is 66.6 Å². The van der Waals surface area contributed by atoms with Gasteiger partial charge in [-0.15, -0.1) is 0 Å². The number of likely N-dealkylation sites (N-methyl/N-ethyl adjacent to an activating group) is 1. The molecule has 336 valence electrons. The first-order valence-corrected chi connectivity index (χ1v) is 20.7. The molecule has 4 rings (SSSR count). The molecular weight excluding hydrogens is 774 g/mol. The van der Waals surface area contributed by atoms with Gasteiger partial charge in [-0.25, -0.2) is 0 Å². The molecule has 2 unspecified atom stereocenters. The van der Waals surface area contributed by atoms with Crippen LogP contribution >= 0.6 is 0 Å². The summed E-state index contributed by atoms with van der Waals surface area (Å²) in [6.07, 6.45) is -7.99. The fourth-order valence-electron chi connectivity index (χ4n) is 8.51. The molecule has 17 nitrogen and oxygen atoms in total. The Morgan fingerprint density at radius 3 is 2.29 bits per heavy atom. The van der Waals surface area contributed by atoms with Gasteiger partial charge in [-0.05, 0) is 72.2 Å². The van der Waals surface area contributed by atoms with E-state index in [0.717, 1.165) is 0 Å². The molecule has 0 spiro atoms. The number of aliphatic hydroxyl groups excluding tert-OH is 1. The van der Waals surface area contributed by atoms with E-state index in [9.17, 15) is 34.2 Å². The summed E-state index contributed by atoms with van der Waals surface area (Å²) in [5.41, 5.74) is -1.51. The number of rotatable bonds is 12. The van der Waals surface area contributed by atoms with E-state index in [0.29, 0.717) is 12.7 Å². The van der Waals surface area contributed by atoms with Crippen molar-refractivity contribution in [1.82, 2.24) is 4.90 Å². The first kappa shape index (κ1) is 48.8. The molecular formula is C42H67NO16. The summed E-state index contributed by atoms with van der Waals surface area (Å²) >= 11 is 0. The van der Waals surface area contributed by atoms with Crippen molar-refractivity contribution < 1.29 is 76.8 Å². The van der Waals surface area contributed by atoms with Gasteiger partial charge in [0.15, 0.2) is 24.5 Å². The van der Waals surface area contributed by atoms with Gasteiger partial charge in [0, 0.05) is 45.6 Å². The Kier molecular flexibility index (Phi) is 17.6. The van der Waals surface area contributed by atoms with Crippen molar-refractivity contribution in [3.8, 4) is 0 Å². The molecule has 0 aliphatic carbocycles. The van der Waals surface area contributed by atoms with Crippen molar-refractivity contribution in [3.63, 3.8) is 0 Å². The minimum atomic E-state index is -1.51. The minimum Gasteiger partial charge on any atom is -0.462 e. The zero-order valence-corrected chi connectivity index (χ0v) is 36.3. The number of epoxide rings is 1. The quantitative estimate of drug-likeness (QED) is 0.125. The van der Waals surface area contributed by atoms with Crippen LogP contribution in [0.4, 0.5) is 0 Å². The van der Waals surface area contributed by atoms with Crippen LogP contribution in [0.25, 0.3) is 0 Å². The molecule has 4 aliphatic heterocycles. The molecule has 17 atom stereocenters. The van der Waals surface area contributed by atoms with Gasteiger partial charge in [0.25, 0.3) is 0 Å². The Bertz CT molecular complexity index is 1470. The summed E-state index contributed by atoms with van der Waals surface area (Å²) in [5.74, 6) is -3.35. The Morgan fingerprint density at radius 2 is 1.69 bits per heavy atom. The summed E-state index contributed by atoms with van der Waals surface area (Å²) in [5, 5.41) is 23.5. The third-order valence-corrected chi connectivity index (χ3v) is 11.4. The lowest BCUT2D eigenvalue weighted by atomic mass is 9.83. The van der Waals surface area contributed by atoms with Gasteiger partial charge in [-0.2, -0.15) is 0 Å². The lowest BCUT2D eigenvalue weighted by Gasteiger charge is -2.50. The number of cyclic esters (lactones) is 1. The van der Waals surface area contributed by atoms with Crippen molar-refractivity contribution >= 4 is 30.0 Å². The maximum atomic E-state index is 13.4. The Hall–Kier alpha value is -2.87. The number of hydrogen-bond donors (Lipinski definition) is 2. The van der Waals surface area contributed by atoms with Gasteiger partial charge in [0.2, 0.25) is 0 Å². The van der Waals surface area contributed by atoms with Crippen molar-refractivity contribution in [3.05, 3.63) is 12.2 Å². The van der Waals surface area contributed by atoms with Crippen molar-refractivity contribution in [2.75, 3.05) is 21.2 Å². The Balaban J connectivity index is 1.64. The van der Waals surface area contributed by atoms with Crippen LogP contribution in [0, 0.1) is 17.8 Å². The fraction of sp³-hybridized carbons (Fsp3) is 0.833. The van der Waals surface area contributed by atoms with Gasteiger partial charge >= 0.3 is 17.9 Å². The summed E-state index contributed by atoms with van der Waals surface area (Å²) in [6, 6.07) is -0.800. The van der Waals surface area contributed by atoms with Gasteiger partial charge in [0.05, 0.1) is 36.9 Å². The zero-order chi connectivity index (χ0) is 43.9. The zero-order valence-electron chi connectivity index (χ0n) is 36.3. The lowest BCUT2D eigenvalue weighted by molar-refractivity contribution is -0.344. The smallest absolute Gasteiger partial charge is 0.309 e. The maximum Gasteiger partial charge on any atom is 0.309 e. The maximum absolute atomic E-state index is 13.4. The number of hydrogen-bond acceptors (Lipinski definition) is 17. The number of nitrogens with zero attached hydrogens (tertiary/aromatic N) is 1. The Morgan fingerprint density at radius 1 is 1.00 bits per heavy atom. The van der Waals surface area contributed by atoms with Gasteiger partial charge in [0.1, 0.15) is 48.5 Å². The van der Waals surface area contributed by atoms with E-state index in [2.05, 4.69) is 0 Å². The number of carbonyl (C=O) groups excluding carboxylic acids is 5. The van der Waals surface area contributed by atoms with Crippen LogP contribution in [0.15, 0.2) is 12.2 Å². The fourth-order valence-corrected chi connectivity index (χ4v) is 8.51. The molecule has 0 aromatic heterocycles. The number of methoxy groups -OCH3 is 1. The average molecular weight is 842 g/mol. The number of carbonyl (C=O) groups is 5. The third-order valence-electron chi connectivity index (χ3n) is 11.4. The number of ether oxygens (including phenoxy) is 9. The predicted molar refractivity (Wildman–Crippen MR) is 208 cm³/mol. The van der Waals surface area contributed by atoms with Crippen LogP contribution in [-0.4, -0.2) is 158 Å². The van der Waals surface area contributed by atoms with Gasteiger partial charge in [-0.1, -0.05) is 20.8 Å². The second-order valence-electron chi connectivity index (χ2n) is 17.5. The van der Waals surface area contributed by atoms with E-state index in [1.807, 2.05) is 13.8 Å². The summed E-state index contributed by atoms with van der Waals surface area (Å²) < 4.78 is 54.2. The van der Waals surface area contributed by atoms with E-state index < -0.39 is 115 Å². The third kappa shape index (κ3) is 13.3. The van der Waals surface area contributed by atoms with E-state index in [-0.39, 0.29) is 49.6 Å². The standard InChI is InChI=1S/C42H67NO16/c1-21(2)16-32(47)57-40-25(6)53-34(20-42(40,8)50)58-37-24(5)54-41(36(49)35(37)43(9)10)59-38-27(14-15-44)17-22(3)28(46)12-13-29-30(56-29)18-23(4)52-33(48)19-31(39(38)51-11)55-26(7)45/h12-13,15,21-25,27,29-31,34-41,49-50H,14,16-20H2,1-11H3/b13-12+/t22-,23-,24-,25+,27+,29?,30?,31-,34+,35-,36-,37-,38+,39+,40+,41+,42-/m1/s1. The first-order chi connectivity index (χ1) is 27.6. The van der Waals surface area contributed by atoms with Crippen LogP contribution in [0.5, 0.6) is 0 Å². The van der Waals surface area contributed by atoms with E-state index in [4.69, 9.17) is 42.6 Å².